The molecular weight excluding hydrogens is 244 g/mol. The minimum absolute atomic E-state index is 0.186. The molecule has 0 unspecified atom stereocenters. The Morgan fingerprint density at radius 2 is 2.21 bits per heavy atom. The van der Waals surface area contributed by atoms with E-state index in [-0.39, 0.29) is 5.56 Å². The van der Waals surface area contributed by atoms with E-state index in [0.717, 1.165) is 11.3 Å². The largest absolute Gasteiger partial charge is 0.496 e. The summed E-state index contributed by atoms with van der Waals surface area (Å²) in [6.07, 6.45) is 0. The molecule has 1 aromatic carbocycles. The van der Waals surface area contributed by atoms with Gasteiger partial charge in [0.15, 0.2) is 0 Å². The SMILES string of the molecule is COc1ccc(N)cc1CNc1cc(=O)[nH]c(C)n1. The number of benzene rings is 1. The number of hydrogen-bond donors (Lipinski definition) is 3. The van der Waals surface area contributed by atoms with Gasteiger partial charge in [0.2, 0.25) is 0 Å². The molecule has 100 valence electrons. The van der Waals surface area contributed by atoms with Gasteiger partial charge in [0.05, 0.1) is 7.11 Å². The molecule has 0 radical (unpaired) electrons. The third kappa shape index (κ3) is 3.25. The van der Waals surface area contributed by atoms with Gasteiger partial charge in [-0.25, -0.2) is 4.98 Å². The standard InChI is InChI=1S/C13H16N4O2/c1-8-16-12(6-13(18)17-8)15-7-9-5-10(14)3-4-11(9)19-2/h3-6H,7,14H2,1-2H3,(H2,15,16,17,18). The fraction of sp³-hybridized carbons (Fsp3) is 0.231. The van der Waals surface area contributed by atoms with Crippen LogP contribution in [-0.4, -0.2) is 17.1 Å². The molecular formula is C13H16N4O2. The molecule has 0 saturated heterocycles. The van der Waals surface area contributed by atoms with Gasteiger partial charge >= 0.3 is 0 Å². The predicted octanol–water partition coefficient (Wildman–Crippen LogP) is 1.28. The molecule has 0 aliphatic rings. The normalized spacial score (nSPS) is 10.2. The molecule has 0 saturated carbocycles. The van der Waals surface area contributed by atoms with E-state index in [4.69, 9.17) is 10.5 Å². The lowest BCUT2D eigenvalue weighted by Gasteiger charge is -2.11. The van der Waals surface area contributed by atoms with Crippen molar-refractivity contribution in [1.82, 2.24) is 9.97 Å². The second-order valence-corrected chi connectivity index (χ2v) is 4.14. The number of nitrogens with two attached hydrogens (primary N) is 1. The fourth-order valence-corrected chi connectivity index (χ4v) is 1.79. The Balaban J connectivity index is 2.18. The molecule has 19 heavy (non-hydrogen) atoms. The fourth-order valence-electron chi connectivity index (χ4n) is 1.79. The van der Waals surface area contributed by atoms with Crippen LogP contribution in [0.4, 0.5) is 11.5 Å². The average molecular weight is 260 g/mol. The van der Waals surface area contributed by atoms with Crippen molar-refractivity contribution in [3.63, 3.8) is 0 Å². The van der Waals surface area contributed by atoms with Gasteiger partial charge in [0, 0.05) is 23.9 Å². The summed E-state index contributed by atoms with van der Waals surface area (Å²) < 4.78 is 5.25. The molecule has 1 aromatic heterocycles. The Hall–Kier alpha value is -2.50. The van der Waals surface area contributed by atoms with E-state index in [9.17, 15) is 4.79 Å². The van der Waals surface area contributed by atoms with Gasteiger partial charge in [-0.15, -0.1) is 0 Å². The van der Waals surface area contributed by atoms with Crippen molar-refractivity contribution in [2.75, 3.05) is 18.2 Å². The number of H-pyrrole nitrogens is 1. The van der Waals surface area contributed by atoms with Crippen molar-refractivity contribution in [3.8, 4) is 5.75 Å². The van der Waals surface area contributed by atoms with E-state index in [1.54, 1.807) is 20.1 Å². The first kappa shape index (κ1) is 12.9. The third-order valence-corrected chi connectivity index (χ3v) is 2.62. The van der Waals surface area contributed by atoms with Crippen LogP contribution in [0.1, 0.15) is 11.4 Å². The number of rotatable bonds is 4. The molecule has 0 aliphatic heterocycles. The van der Waals surface area contributed by atoms with E-state index in [1.165, 1.54) is 6.07 Å². The number of anilines is 2. The number of nitrogens with zero attached hydrogens (tertiary/aromatic N) is 1. The van der Waals surface area contributed by atoms with Crippen molar-refractivity contribution in [1.29, 1.82) is 0 Å². The van der Waals surface area contributed by atoms with Crippen LogP contribution in [0.3, 0.4) is 0 Å². The lowest BCUT2D eigenvalue weighted by molar-refractivity contribution is 0.410. The number of nitrogen functional groups attached to an aromatic ring is 1. The zero-order valence-electron chi connectivity index (χ0n) is 10.9. The lowest BCUT2D eigenvalue weighted by Crippen LogP contribution is -2.12. The van der Waals surface area contributed by atoms with Crippen LogP contribution in [0.2, 0.25) is 0 Å². The van der Waals surface area contributed by atoms with Crippen LogP contribution < -0.4 is 21.3 Å². The van der Waals surface area contributed by atoms with E-state index in [0.29, 0.717) is 23.9 Å². The number of aromatic amines is 1. The number of methoxy groups -OCH3 is 1. The van der Waals surface area contributed by atoms with E-state index in [1.807, 2.05) is 12.1 Å². The van der Waals surface area contributed by atoms with Crippen molar-refractivity contribution in [3.05, 3.63) is 46.0 Å². The van der Waals surface area contributed by atoms with Crippen LogP contribution in [0.5, 0.6) is 5.75 Å². The van der Waals surface area contributed by atoms with Gasteiger partial charge in [-0.3, -0.25) is 4.79 Å². The minimum atomic E-state index is -0.186. The van der Waals surface area contributed by atoms with Gasteiger partial charge in [0.25, 0.3) is 5.56 Å². The molecule has 0 bridgehead atoms. The molecule has 0 aliphatic carbocycles. The predicted molar refractivity (Wildman–Crippen MR) is 74.3 cm³/mol. The molecule has 4 N–H and O–H groups in total. The number of aryl methyl sites for hydroxylation is 1. The first-order valence-electron chi connectivity index (χ1n) is 5.82. The van der Waals surface area contributed by atoms with E-state index in [2.05, 4.69) is 15.3 Å². The Labute approximate surface area is 110 Å². The van der Waals surface area contributed by atoms with Gasteiger partial charge in [-0.1, -0.05) is 0 Å². The Bertz CT molecular complexity index is 637. The molecule has 1 heterocycles. The second kappa shape index (κ2) is 5.43. The first-order valence-corrected chi connectivity index (χ1v) is 5.82. The van der Waals surface area contributed by atoms with Crippen molar-refractivity contribution < 1.29 is 4.74 Å². The summed E-state index contributed by atoms with van der Waals surface area (Å²) in [6.45, 7) is 2.21. The van der Waals surface area contributed by atoms with Crippen molar-refractivity contribution in [2.45, 2.75) is 13.5 Å². The Morgan fingerprint density at radius 1 is 1.42 bits per heavy atom. The van der Waals surface area contributed by atoms with Gasteiger partial charge in [0.1, 0.15) is 17.4 Å². The highest BCUT2D eigenvalue weighted by Gasteiger charge is 2.04. The Morgan fingerprint density at radius 3 is 2.89 bits per heavy atom. The number of hydrogen-bond acceptors (Lipinski definition) is 5. The zero-order chi connectivity index (χ0) is 13.8. The Kier molecular flexibility index (Phi) is 3.70. The van der Waals surface area contributed by atoms with E-state index >= 15 is 0 Å². The maximum atomic E-state index is 11.3. The summed E-state index contributed by atoms with van der Waals surface area (Å²) >= 11 is 0. The molecule has 0 spiro atoms. The minimum Gasteiger partial charge on any atom is -0.496 e. The molecule has 0 fully saturated rings. The monoisotopic (exact) mass is 260 g/mol. The third-order valence-electron chi connectivity index (χ3n) is 2.62. The maximum Gasteiger partial charge on any atom is 0.252 e. The molecule has 0 amide bonds. The van der Waals surface area contributed by atoms with E-state index < -0.39 is 0 Å². The topological polar surface area (TPSA) is 93.0 Å². The van der Waals surface area contributed by atoms with Gasteiger partial charge in [-0.05, 0) is 25.1 Å². The van der Waals surface area contributed by atoms with Gasteiger partial charge < -0.3 is 20.8 Å². The smallest absolute Gasteiger partial charge is 0.252 e. The maximum absolute atomic E-state index is 11.3. The molecule has 2 aromatic rings. The van der Waals surface area contributed by atoms with Crippen molar-refractivity contribution in [2.24, 2.45) is 0 Å². The number of aromatic nitrogens is 2. The summed E-state index contributed by atoms with van der Waals surface area (Å²) in [5.74, 6) is 1.82. The highest BCUT2D eigenvalue weighted by molar-refractivity contribution is 5.49. The molecule has 6 nitrogen and oxygen atoms in total. The van der Waals surface area contributed by atoms with Crippen LogP contribution in [-0.2, 0) is 6.54 Å². The summed E-state index contributed by atoms with van der Waals surface area (Å²) in [6, 6.07) is 6.82. The summed E-state index contributed by atoms with van der Waals surface area (Å²) in [4.78, 5) is 18.1. The first-order chi connectivity index (χ1) is 9.08. The number of nitrogens with one attached hydrogen (secondary N) is 2. The van der Waals surface area contributed by atoms with Crippen LogP contribution in [0, 0.1) is 6.92 Å². The highest BCUT2D eigenvalue weighted by atomic mass is 16.5. The van der Waals surface area contributed by atoms with Crippen LogP contribution >= 0.6 is 0 Å². The van der Waals surface area contributed by atoms with Crippen molar-refractivity contribution >= 4 is 11.5 Å². The number of ether oxygens (including phenoxy) is 1. The highest BCUT2D eigenvalue weighted by Crippen LogP contribution is 2.21. The van der Waals surface area contributed by atoms with Crippen LogP contribution in [0.15, 0.2) is 29.1 Å². The molecule has 6 heteroatoms. The molecule has 2 rings (SSSR count). The molecule has 0 atom stereocenters. The van der Waals surface area contributed by atoms with Gasteiger partial charge in [-0.2, -0.15) is 0 Å². The summed E-state index contributed by atoms with van der Waals surface area (Å²) in [5.41, 5.74) is 7.12. The summed E-state index contributed by atoms with van der Waals surface area (Å²) in [5, 5.41) is 3.08. The average Bonchev–Trinajstić information content (AvgIpc) is 2.35. The quantitative estimate of drug-likeness (QED) is 0.720. The summed E-state index contributed by atoms with van der Waals surface area (Å²) in [7, 11) is 1.60. The van der Waals surface area contributed by atoms with Crippen LogP contribution in [0.25, 0.3) is 0 Å². The zero-order valence-corrected chi connectivity index (χ0v) is 10.9. The lowest BCUT2D eigenvalue weighted by atomic mass is 10.2. The second-order valence-electron chi connectivity index (χ2n) is 4.14.